The molecule has 1 heteroatoms. The molecule has 1 heterocycles. The van der Waals surface area contributed by atoms with E-state index in [9.17, 15) is 0 Å². The molecule has 0 fully saturated rings. The van der Waals surface area contributed by atoms with Gasteiger partial charge in [0.05, 0.1) is 5.52 Å². The van der Waals surface area contributed by atoms with Gasteiger partial charge in [-0.2, -0.15) is 0 Å². The lowest BCUT2D eigenvalue weighted by atomic mass is 9.94. The first-order valence-corrected chi connectivity index (χ1v) is 7.32. The van der Waals surface area contributed by atoms with Gasteiger partial charge in [-0.25, -0.2) is 0 Å². The van der Waals surface area contributed by atoms with Crippen LogP contribution in [-0.2, 0) is 0 Å². The van der Waals surface area contributed by atoms with Crippen molar-refractivity contribution in [3.63, 3.8) is 0 Å². The van der Waals surface area contributed by atoms with E-state index in [-0.39, 0.29) is 0 Å². The average molecular weight is 271 g/mol. The minimum Gasteiger partial charge on any atom is -0.354 e. The van der Waals surface area contributed by atoms with Gasteiger partial charge in [-0.1, -0.05) is 54.6 Å². The van der Waals surface area contributed by atoms with Gasteiger partial charge in [0, 0.05) is 16.3 Å². The monoisotopic (exact) mass is 271 g/mol. The highest BCUT2D eigenvalue weighted by Crippen LogP contribution is 2.37. The van der Waals surface area contributed by atoms with Gasteiger partial charge in [-0.15, -0.1) is 0 Å². The summed E-state index contributed by atoms with van der Waals surface area (Å²) in [5.41, 5.74) is 7.71. The summed E-state index contributed by atoms with van der Waals surface area (Å²) in [4.78, 5) is 3.60. The number of benzene rings is 3. The van der Waals surface area contributed by atoms with Gasteiger partial charge in [0.2, 0.25) is 0 Å². The Morgan fingerprint density at radius 2 is 1.52 bits per heavy atom. The number of aromatic nitrogens is 1. The number of aryl methyl sites for hydroxylation is 2. The summed E-state index contributed by atoms with van der Waals surface area (Å²) < 4.78 is 0. The van der Waals surface area contributed by atoms with Crippen molar-refractivity contribution in [3.05, 3.63) is 71.8 Å². The molecule has 1 aromatic heterocycles. The van der Waals surface area contributed by atoms with E-state index in [2.05, 4.69) is 79.5 Å². The van der Waals surface area contributed by atoms with Crippen molar-refractivity contribution in [1.82, 2.24) is 4.98 Å². The number of nitrogens with one attached hydrogen (secondary N) is 1. The Bertz CT molecular complexity index is 946. The minimum absolute atomic E-state index is 1.21. The molecule has 0 radical (unpaired) electrons. The zero-order valence-electron chi connectivity index (χ0n) is 12.3. The molecule has 3 aromatic carbocycles. The number of H-pyrrole nitrogens is 1. The van der Waals surface area contributed by atoms with Crippen LogP contribution >= 0.6 is 0 Å². The van der Waals surface area contributed by atoms with Crippen molar-refractivity contribution < 1.29 is 0 Å². The van der Waals surface area contributed by atoms with E-state index in [1.165, 1.54) is 44.1 Å². The zero-order valence-corrected chi connectivity index (χ0v) is 12.3. The third-order valence-corrected chi connectivity index (χ3v) is 4.39. The molecule has 0 aliphatic rings. The highest BCUT2D eigenvalue weighted by atomic mass is 14.7. The Morgan fingerprint density at radius 3 is 2.33 bits per heavy atom. The first-order valence-electron chi connectivity index (χ1n) is 7.32. The Kier molecular flexibility index (Phi) is 2.61. The van der Waals surface area contributed by atoms with Gasteiger partial charge in [0.25, 0.3) is 0 Å². The van der Waals surface area contributed by atoms with Crippen LogP contribution in [0.5, 0.6) is 0 Å². The van der Waals surface area contributed by atoms with Crippen LogP contribution in [0.2, 0.25) is 0 Å². The quantitative estimate of drug-likeness (QED) is 0.463. The lowest BCUT2D eigenvalue weighted by Gasteiger charge is -2.09. The third kappa shape index (κ3) is 1.78. The summed E-state index contributed by atoms with van der Waals surface area (Å²) in [5.74, 6) is 0. The van der Waals surface area contributed by atoms with E-state index in [1.54, 1.807) is 0 Å². The zero-order chi connectivity index (χ0) is 14.4. The molecule has 0 bridgehead atoms. The number of rotatable bonds is 1. The first-order chi connectivity index (χ1) is 10.3. The van der Waals surface area contributed by atoms with Gasteiger partial charge >= 0.3 is 0 Å². The number of para-hydroxylation sites is 1. The summed E-state index contributed by atoms with van der Waals surface area (Å²) in [5, 5.41) is 2.63. The highest BCUT2D eigenvalue weighted by molar-refractivity contribution is 6.15. The third-order valence-electron chi connectivity index (χ3n) is 4.39. The van der Waals surface area contributed by atoms with Crippen LogP contribution in [0.25, 0.3) is 32.9 Å². The first kappa shape index (κ1) is 12.2. The smallest absolute Gasteiger partial charge is 0.0503 e. The predicted molar refractivity (Wildman–Crippen MR) is 90.7 cm³/mol. The Morgan fingerprint density at radius 1 is 0.810 bits per heavy atom. The largest absolute Gasteiger partial charge is 0.354 e. The summed E-state index contributed by atoms with van der Waals surface area (Å²) in [6, 6.07) is 21.5. The van der Waals surface area contributed by atoms with Crippen molar-refractivity contribution in [2.75, 3.05) is 0 Å². The molecule has 1 nitrogen and oxygen atoms in total. The number of aromatic amines is 1. The van der Waals surface area contributed by atoms with Crippen molar-refractivity contribution in [2.24, 2.45) is 0 Å². The van der Waals surface area contributed by atoms with Crippen LogP contribution in [-0.4, -0.2) is 4.98 Å². The van der Waals surface area contributed by atoms with Gasteiger partial charge in [0.1, 0.15) is 0 Å². The molecule has 0 aliphatic carbocycles. The number of hydrogen-bond acceptors (Lipinski definition) is 0. The summed E-state index contributed by atoms with van der Waals surface area (Å²) in [7, 11) is 0. The lowest BCUT2D eigenvalue weighted by molar-refractivity contribution is 1.35. The number of hydrogen-bond donors (Lipinski definition) is 1. The highest BCUT2D eigenvalue weighted by Gasteiger charge is 2.13. The Labute approximate surface area is 124 Å². The standard InChI is InChI=1S/C20H17N/c1-13-12-17(15-8-4-3-5-9-15)19-16-10-6-7-11-18(16)21-20(19)14(13)2/h3-12,21H,1-2H3. The molecule has 4 rings (SSSR count). The second-order valence-electron chi connectivity index (χ2n) is 5.65. The molecule has 0 saturated carbocycles. The van der Waals surface area contributed by atoms with Crippen LogP contribution in [0.15, 0.2) is 60.7 Å². The maximum atomic E-state index is 3.60. The van der Waals surface area contributed by atoms with E-state index in [4.69, 9.17) is 0 Å². The fourth-order valence-electron chi connectivity index (χ4n) is 3.14. The van der Waals surface area contributed by atoms with E-state index < -0.39 is 0 Å². The van der Waals surface area contributed by atoms with Crippen molar-refractivity contribution in [1.29, 1.82) is 0 Å². The molecule has 4 aromatic rings. The maximum absolute atomic E-state index is 3.60. The van der Waals surface area contributed by atoms with Crippen molar-refractivity contribution in [2.45, 2.75) is 13.8 Å². The summed E-state index contributed by atoms with van der Waals surface area (Å²) >= 11 is 0. The van der Waals surface area contributed by atoms with E-state index in [1.807, 2.05) is 0 Å². The fraction of sp³-hybridized carbons (Fsp3) is 0.100. The number of fused-ring (bicyclic) bond motifs is 3. The van der Waals surface area contributed by atoms with Gasteiger partial charge in [-0.3, -0.25) is 0 Å². The summed E-state index contributed by atoms with van der Waals surface area (Å²) in [6.45, 7) is 4.38. The molecular weight excluding hydrogens is 254 g/mol. The molecule has 21 heavy (non-hydrogen) atoms. The van der Waals surface area contributed by atoms with Crippen LogP contribution in [0.3, 0.4) is 0 Å². The van der Waals surface area contributed by atoms with Gasteiger partial charge in [-0.05, 0) is 42.2 Å². The van der Waals surface area contributed by atoms with Crippen molar-refractivity contribution >= 4 is 21.8 Å². The molecular formula is C20H17N. The summed E-state index contributed by atoms with van der Waals surface area (Å²) in [6.07, 6.45) is 0. The molecule has 0 unspecified atom stereocenters. The second-order valence-corrected chi connectivity index (χ2v) is 5.65. The van der Waals surface area contributed by atoms with Gasteiger partial charge in [0.15, 0.2) is 0 Å². The van der Waals surface area contributed by atoms with E-state index >= 15 is 0 Å². The topological polar surface area (TPSA) is 15.8 Å². The second kappa shape index (κ2) is 4.49. The molecule has 102 valence electrons. The van der Waals surface area contributed by atoms with E-state index in [0.717, 1.165) is 0 Å². The van der Waals surface area contributed by atoms with E-state index in [0.29, 0.717) is 0 Å². The van der Waals surface area contributed by atoms with Crippen LogP contribution in [0.1, 0.15) is 11.1 Å². The molecule has 0 amide bonds. The predicted octanol–water partition coefficient (Wildman–Crippen LogP) is 5.60. The Balaban J connectivity index is 2.23. The molecule has 0 spiro atoms. The Hall–Kier alpha value is -2.54. The van der Waals surface area contributed by atoms with Crippen LogP contribution in [0, 0.1) is 13.8 Å². The lowest BCUT2D eigenvalue weighted by Crippen LogP contribution is -1.87. The molecule has 0 atom stereocenters. The minimum atomic E-state index is 1.21. The fourth-order valence-corrected chi connectivity index (χ4v) is 3.14. The van der Waals surface area contributed by atoms with Crippen LogP contribution < -0.4 is 0 Å². The van der Waals surface area contributed by atoms with Crippen molar-refractivity contribution in [3.8, 4) is 11.1 Å². The van der Waals surface area contributed by atoms with Gasteiger partial charge < -0.3 is 4.98 Å². The molecule has 0 aliphatic heterocycles. The maximum Gasteiger partial charge on any atom is 0.0503 e. The normalized spacial score (nSPS) is 11.3. The molecule has 0 saturated heterocycles. The van der Waals surface area contributed by atoms with Crippen LogP contribution in [0.4, 0.5) is 0 Å². The average Bonchev–Trinajstić information content (AvgIpc) is 2.91. The molecule has 1 N–H and O–H groups in total. The SMILES string of the molecule is Cc1cc(-c2ccccc2)c2c([nH]c3ccccc32)c1C.